The van der Waals surface area contributed by atoms with Crippen LogP contribution >= 0.6 is 0 Å². The zero-order valence-electron chi connectivity index (χ0n) is 24.5. The van der Waals surface area contributed by atoms with Crippen LogP contribution in [0.25, 0.3) is 0 Å². The molecule has 2 N–H and O–H groups in total. The summed E-state index contributed by atoms with van der Waals surface area (Å²) in [6.45, 7) is 6.40. The Bertz CT molecular complexity index is 1260. The van der Waals surface area contributed by atoms with Crippen molar-refractivity contribution in [2.75, 3.05) is 26.2 Å². The molecule has 0 saturated carbocycles. The van der Waals surface area contributed by atoms with E-state index < -0.39 is 47.2 Å². The molecule has 226 valence electrons. The highest BCUT2D eigenvalue weighted by molar-refractivity contribution is 5.99. The van der Waals surface area contributed by atoms with Gasteiger partial charge in [0, 0.05) is 31.7 Å². The number of nitrogens with zero attached hydrogens (tertiary/aromatic N) is 2. The Labute approximate surface area is 246 Å². The highest BCUT2D eigenvalue weighted by atomic mass is 16.6. The fourth-order valence-corrected chi connectivity index (χ4v) is 6.61. The maximum absolute atomic E-state index is 14.5. The number of fused-ring (bicyclic) bond motifs is 2. The number of hydrogen-bond acceptors (Lipinski definition) is 7. The Hall–Kier alpha value is -3.50. The number of nitrogens with one attached hydrogen (secondary N) is 1. The predicted molar refractivity (Wildman–Crippen MR) is 154 cm³/mol. The molecule has 2 saturated heterocycles. The summed E-state index contributed by atoms with van der Waals surface area (Å²) in [7, 11) is 0. The lowest BCUT2D eigenvalue weighted by atomic mass is 9.74. The summed E-state index contributed by atoms with van der Waals surface area (Å²) in [5, 5.41) is 12.3. The van der Waals surface area contributed by atoms with E-state index in [1.165, 1.54) is 0 Å². The Kier molecular flexibility index (Phi) is 8.57. The summed E-state index contributed by atoms with van der Waals surface area (Å²) in [5.41, 5.74) is -1.17. The molecule has 2 fully saturated rings. The van der Waals surface area contributed by atoms with Crippen molar-refractivity contribution in [1.82, 2.24) is 15.1 Å². The van der Waals surface area contributed by atoms with E-state index in [1.54, 1.807) is 22.0 Å². The van der Waals surface area contributed by atoms with E-state index in [0.29, 0.717) is 19.3 Å². The highest BCUT2D eigenvalue weighted by Crippen LogP contribution is 2.56. The molecule has 0 aliphatic carbocycles. The largest absolute Gasteiger partial charge is 0.455 e. The SMILES string of the molecule is CC(C)(C)N1C/C=C\CCC(=O)NC[C@@H](c2ccccc2)OC(=O)[C@@H]2[C@@H]3C=C[C@]4(O3)[C@H](C1=O)N(CCCCO)C(=O)[C@@H]24. The topological polar surface area (TPSA) is 125 Å². The number of rotatable bonds is 5. The second-order valence-electron chi connectivity index (χ2n) is 12.4. The van der Waals surface area contributed by atoms with Crippen LogP contribution in [0.15, 0.2) is 54.6 Å². The fourth-order valence-electron chi connectivity index (χ4n) is 6.61. The quantitative estimate of drug-likeness (QED) is 0.312. The lowest BCUT2D eigenvalue weighted by Gasteiger charge is -2.41. The Morgan fingerprint density at radius 2 is 1.81 bits per heavy atom. The van der Waals surface area contributed by atoms with Gasteiger partial charge in [0.05, 0.1) is 18.6 Å². The van der Waals surface area contributed by atoms with E-state index in [9.17, 15) is 24.3 Å². The standard InChI is InChI=1S/C32H41N3O7/c1-31(2,3)35-18-9-5-8-14-24(37)33-20-23(21-12-6-4-7-13-21)41-30(40)25-22-15-16-32(42-22)26(25)28(38)34(17-10-11-19-36)27(32)29(35)39/h4-7,9,12-13,15-16,22-23,25-27,36H,8,10-11,14,17-20H2,1-3H3,(H,33,37)/b9-5-/t22-,23-,25+,26+,27-,32+/m0/s1. The van der Waals surface area contributed by atoms with Crippen molar-refractivity contribution in [1.29, 1.82) is 0 Å². The molecule has 42 heavy (non-hydrogen) atoms. The second kappa shape index (κ2) is 12.0. The molecular weight excluding hydrogens is 538 g/mol. The molecule has 0 unspecified atom stereocenters. The van der Waals surface area contributed by atoms with Crippen molar-refractivity contribution in [2.45, 2.75) is 75.8 Å². The van der Waals surface area contributed by atoms with Crippen molar-refractivity contribution in [2.24, 2.45) is 11.8 Å². The average molecular weight is 580 g/mol. The Morgan fingerprint density at radius 1 is 1.05 bits per heavy atom. The molecule has 3 amide bonds. The first kappa shape index (κ1) is 30.0. The molecule has 4 aliphatic heterocycles. The van der Waals surface area contributed by atoms with E-state index in [2.05, 4.69) is 5.32 Å². The molecular formula is C32H41N3O7. The Morgan fingerprint density at radius 3 is 2.52 bits per heavy atom. The van der Waals surface area contributed by atoms with Gasteiger partial charge in [0.2, 0.25) is 17.7 Å². The van der Waals surface area contributed by atoms with Gasteiger partial charge in [-0.3, -0.25) is 19.2 Å². The second-order valence-corrected chi connectivity index (χ2v) is 12.4. The first-order valence-electron chi connectivity index (χ1n) is 14.9. The number of esters is 1. The van der Waals surface area contributed by atoms with Crippen LogP contribution in [0.4, 0.5) is 0 Å². The normalized spacial score (nSPS) is 32.6. The van der Waals surface area contributed by atoms with Crippen molar-refractivity contribution < 1.29 is 33.8 Å². The zero-order chi connectivity index (χ0) is 30.1. The van der Waals surface area contributed by atoms with Gasteiger partial charge in [-0.1, -0.05) is 54.6 Å². The molecule has 10 heteroatoms. The van der Waals surface area contributed by atoms with Gasteiger partial charge in [-0.25, -0.2) is 0 Å². The summed E-state index contributed by atoms with van der Waals surface area (Å²) in [6, 6.07) is 8.20. The molecule has 4 aliphatic rings. The van der Waals surface area contributed by atoms with Crippen molar-refractivity contribution >= 4 is 23.7 Å². The number of benzene rings is 1. The molecule has 0 radical (unpaired) electrons. The predicted octanol–water partition coefficient (Wildman–Crippen LogP) is 2.29. The third kappa shape index (κ3) is 5.49. The Balaban J connectivity index is 1.56. The van der Waals surface area contributed by atoms with Crippen LogP contribution in [0.1, 0.15) is 58.1 Å². The summed E-state index contributed by atoms with van der Waals surface area (Å²) >= 11 is 0. The lowest BCUT2D eigenvalue weighted by Crippen LogP contribution is -2.59. The van der Waals surface area contributed by atoms with Crippen molar-refractivity contribution in [3.63, 3.8) is 0 Å². The number of cyclic esters (lactones) is 1. The fraction of sp³-hybridized carbons (Fsp3) is 0.562. The van der Waals surface area contributed by atoms with Crippen molar-refractivity contribution in [3.8, 4) is 0 Å². The van der Waals surface area contributed by atoms with Gasteiger partial charge in [0.15, 0.2) is 0 Å². The number of carbonyl (C=O) groups is 4. The first-order valence-corrected chi connectivity index (χ1v) is 14.9. The van der Waals surface area contributed by atoms with Gasteiger partial charge >= 0.3 is 5.97 Å². The number of likely N-dealkylation sites (tertiary alicyclic amines) is 1. The smallest absolute Gasteiger partial charge is 0.313 e. The summed E-state index contributed by atoms with van der Waals surface area (Å²) < 4.78 is 12.5. The molecule has 1 spiro atoms. The summed E-state index contributed by atoms with van der Waals surface area (Å²) in [6.07, 6.45) is 7.54. The van der Waals surface area contributed by atoms with Gasteiger partial charge < -0.3 is 29.7 Å². The van der Waals surface area contributed by atoms with Crippen LogP contribution in [0.2, 0.25) is 0 Å². The van der Waals surface area contributed by atoms with Crippen LogP contribution in [0, 0.1) is 11.8 Å². The number of hydrogen-bond donors (Lipinski definition) is 2. The number of amides is 3. The van der Waals surface area contributed by atoms with E-state index >= 15 is 0 Å². The number of carbonyl (C=O) groups excluding carboxylic acids is 4. The average Bonchev–Trinajstić information content (AvgIpc) is 3.59. The van der Waals surface area contributed by atoms with Crippen LogP contribution in [0.3, 0.4) is 0 Å². The van der Waals surface area contributed by atoms with Crippen LogP contribution in [-0.4, -0.2) is 88.1 Å². The van der Waals surface area contributed by atoms with Gasteiger partial charge in [-0.15, -0.1) is 0 Å². The maximum Gasteiger partial charge on any atom is 0.313 e. The van der Waals surface area contributed by atoms with Crippen LogP contribution in [0.5, 0.6) is 0 Å². The van der Waals surface area contributed by atoms with Gasteiger partial charge in [0.1, 0.15) is 23.7 Å². The molecule has 5 bridgehead atoms. The van der Waals surface area contributed by atoms with Crippen LogP contribution in [-0.2, 0) is 28.7 Å². The number of allylic oxidation sites excluding steroid dienone is 1. The zero-order valence-corrected chi connectivity index (χ0v) is 24.5. The minimum absolute atomic E-state index is 0.0288. The third-order valence-electron chi connectivity index (χ3n) is 8.67. The monoisotopic (exact) mass is 579 g/mol. The molecule has 6 atom stereocenters. The van der Waals surface area contributed by atoms with Gasteiger partial charge in [-0.05, 0) is 45.6 Å². The van der Waals surface area contributed by atoms with Crippen molar-refractivity contribution in [3.05, 3.63) is 60.2 Å². The molecule has 1 aromatic rings. The third-order valence-corrected chi connectivity index (χ3v) is 8.67. The molecule has 1 aromatic carbocycles. The van der Waals surface area contributed by atoms with E-state index in [4.69, 9.17) is 9.47 Å². The minimum atomic E-state index is -1.31. The highest BCUT2D eigenvalue weighted by Gasteiger charge is 2.73. The molecule has 5 rings (SSSR count). The van der Waals surface area contributed by atoms with Gasteiger partial charge in [0.25, 0.3) is 0 Å². The van der Waals surface area contributed by atoms with Gasteiger partial charge in [-0.2, -0.15) is 0 Å². The lowest BCUT2D eigenvalue weighted by molar-refractivity contribution is -0.160. The number of ether oxygens (including phenoxy) is 2. The summed E-state index contributed by atoms with van der Waals surface area (Å²) in [4.78, 5) is 58.5. The number of unbranched alkanes of at least 4 members (excludes halogenated alkanes) is 1. The molecule has 10 nitrogen and oxygen atoms in total. The number of aliphatic hydroxyl groups is 1. The molecule has 0 aromatic heterocycles. The van der Waals surface area contributed by atoms with E-state index in [1.807, 2.05) is 63.3 Å². The van der Waals surface area contributed by atoms with E-state index in [0.717, 1.165) is 5.56 Å². The van der Waals surface area contributed by atoms with Crippen LogP contribution < -0.4 is 5.32 Å². The molecule has 4 heterocycles. The summed E-state index contributed by atoms with van der Waals surface area (Å²) in [5.74, 6) is -3.24. The maximum atomic E-state index is 14.5. The number of aliphatic hydroxyl groups excluding tert-OH is 1. The van der Waals surface area contributed by atoms with E-state index in [-0.39, 0.29) is 50.4 Å². The minimum Gasteiger partial charge on any atom is -0.455 e. The first-order chi connectivity index (χ1) is 20.1.